The number of aliphatic hydroxyl groups is 1. The van der Waals surface area contributed by atoms with Crippen LogP contribution in [-0.4, -0.2) is 40.3 Å². The van der Waals surface area contributed by atoms with Crippen LogP contribution in [0.4, 0.5) is 4.79 Å². The highest BCUT2D eigenvalue weighted by molar-refractivity contribution is 5.95. The molecule has 1 aliphatic rings. The van der Waals surface area contributed by atoms with E-state index in [2.05, 4.69) is 0 Å². The summed E-state index contributed by atoms with van der Waals surface area (Å²) in [6.45, 7) is 5.52. The van der Waals surface area contributed by atoms with Crippen molar-refractivity contribution in [2.24, 2.45) is 0 Å². The normalized spacial score (nSPS) is 22.8. The quantitative estimate of drug-likeness (QED) is 0.652. The lowest BCUT2D eigenvalue weighted by Gasteiger charge is -2.30. The SMILES string of the molecule is CC(C)(C)OC(=O)N1CCCC(O)C1=O. The highest BCUT2D eigenvalue weighted by atomic mass is 16.6. The number of amides is 2. The van der Waals surface area contributed by atoms with E-state index in [1.807, 2.05) is 0 Å². The number of carbonyl (C=O) groups is 2. The van der Waals surface area contributed by atoms with Crippen LogP contribution in [0.15, 0.2) is 0 Å². The van der Waals surface area contributed by atoms with Crippen molar-refractivity contribution in [1.29, 1.82) is 0 Å². The predicted molar refractivity (Wildman–Crippen MR) is 53.2 cm³/mol. The third kappa shape index (κ3) is 3.20. The number of piperidine rings is 1. The van der Waals surface area contributed by atoms with Crippen LogP contribution in [0.3, 0.4) is 0 Å². The van der Waals surface area contributed by atoms with Gasteiger partial charge in [-0.1, -0.05) is 0 Å². The van der Waals surface area contributed by atoms with Gasteiger partial charge in [-0.25, -0.2) is 9.69 Å². The van der Waals surface area contributed by atoms with E-state index in [1.54, 1.807) is 20.8 Å². The van der Waals surface area contributed by atoms with Gasteiger partial charge in [0.15, 0.2) is 0 Å². The molecule has 15 heavy (non-hydrogen) atoms. The molecule has 1 rings (SSSR count). The van der Waals surface area contributed by atoms with Gasteiger partial charge in [-0.3, -0.25) is 4.79 Å². The zero-order chi connectivity index (χ0) is 11.6. The molecule has 1 aliphatic heterocycles. The van der Waals surface area contributed by atoms with E-state index in [4.69, 9.17) is 4.74 Å². The summed E-state index contributed by atoms with van der Waals surface area (Å²) in [4.78, 5) is 23.9. The molecule has 0 aromatic heterocycles. The highest BCUT2D eigenvalue weighted by Crippen LogP contribution is 2.16. The first-order valence-electron chi connectivity index (χ1n) is 5.04. The second-order valence-electron chi connectivity index (χ2n) is 4.63. The Morgan fingerprint density at radius 1 is 1.53 bits per heavy atom. The predicted octanol–water partition coefficient (Wildman–Crippen LogP) is 0.905. The standard InChI is InChI=1S/C10H17NO4/c1-10(2,3)15-9(14)11-6-4-5-7(12)8(11)13/h7,12H,4-6H2,1-3H3. The van der Waals surface area contributed by atoms with Crippen LogP contribution in [-0.2, 0) is 9.53 Å². The lowest BCUT2D eigenvalue weighted by molar-refractivity contribution is -0.142. The summed E-state index contributed by atoms with van der Waals surface area (Å²) in [5, 5.41) is 9.30. The molecule has 1 atom stereocenters. The molecular formula is C10H17NO4. The van der Waals surface area contributed by atoms with Crippen molar-refractivity contribution in [3.05, 3.63) is 0 Å². The molecule has 2 amide bonds. The van der Waals surface area contributed by atoms with Gasteiger partial charge in [0.05, 0.1) is 0 Å². The smallest absolute Gasteiger partial charge is 0.417 e. The molecule has 1 fully saturated rings. The monoisotopic (exact) mass is 215 g/mol. The Kier molecular flexibility index (Phi) is 3.34. The second kappa shape index (κ2) is 4.18. The van der Waals surface area contributed by atoms with Crippen molar-refractivity contribution >= 4 is 12.0 Å². The van der Waals surface area contributed by atoms with E-state index in [0.29, 0.717) is 19.4 Å². The maximum absolute atomic E-state index is 11.5. The fourth-order valence-corrected chi connectivity index (χ4v) is 1.35. The number of hydrogen-bond donors (Lipinski definition) is 1. The molecular weight excluding hydrogens is 198 g/mol. The fourth-order valence-electron chi connectivity index (χ4n) is 1.35. The van der Waals surface area contributed by atoms with Crippen LogP contribution in [0, 0.1) is 0 Å². The zero-order valence-electron chi connectivity index (χ0n) is 9.32. The number of rotatable bonds is 0. The molecule has 0 radical (unpaired) electrons. The van der Waals surface area contributed by atoms with E-state index in [1.165, 1.54) is 0 Å². The van der Waals surface area contributed by atoms with Crippen molar-refractivity contribution < 1.29 is 19.4 Å². The Morgan fingerprint density at radius 2 is 2.13 bits per heavy atom. The minimum Gasteiger partial charge on any atom is -0.443 e. The van der Waals surface area contributed by atoms with Crippen LogP contribution < -0.4 is 0 Å². The van der Waals surface area contributed by atoms with Gasteiger partial charge in [0, 0.05) is 6.54 Å². The topological polar surface area (TPSA) is 66.8 Å². The van der Waals surface area contributed by atoms with Crippen LogP contribution >= 0.6 is 0 Å². The Bertz CT molecular complexity index is 269. The summed E-state index contributed by atoms with van der Waals surface area (Å²) in [6, 6.07) is 0. The third-order valence-corrected chi connectivity index (χ3v) is 2.02. The number of likely N-dealkylation sites (tertiary alicyclic amines) is 1. The average molecular weight is 215 g/mol. The van der Waals surface area contributed by atoms with E-state index >= 15 is 0 Å². The van der Waals surface area contributed by atoms with Gasteiger partial charge >= 0.3 is 6.09 Å². The minimum atomic E-state index is -1.06. The summed E-state index contributed by atoms with van der Waals surface area (Å²) in [6.07, 6.45) is -0.706. The molecule has 1 unspecified atom stereocenters. The lowest BCUT2D eigenvalue weighted by Crippen LogP contribution is -2.49. The Labute approximate surface area is 89.0 Å². The largest absolute Gasteiger partial charge is 0.443 e. The first-order valence-corrected chi connectivity index (χ1v) is 5.04. The van der Waals surface area contributed by atoms with Gasteiger partial charge in [0.2, 0.25) is 0 Å². The van der Waals surface area contributed by atoms with Crippen molar-refractivity contribution in [2.75, 3.05) is 6.54 Å². The van der Waals surface area contributed by atoms with Gasteiger partial charge in [-0.2, -0.15) is 0 Å². The number of hydrogen-bond acceptors (Lipinski definition) is 4. The summed E-state index contributed by atoms with van der Waals surface area (Å²) < 4.78 is 5.05. The maximum atomic E-state index is 11.5. The third-order valence-electron chi connectivity index (χ3n) is 2.02. The molecule has 86 valence electrons. The summed E-state index contributed by atoms with van der Waals surface area (Å²) in [7, 11) is 0. The Morgan fingerprint density at radius 3 is 2.67 bits per heavy atom. The van der Waals surface area contributed by atoms with Crippen LogP contribution in [0.25, 0.3) is 0 Å². The first kappa shape index (κ1) is 12.0. The second-order valence-corrected chi connectivity index (χ2v) is 4.63. The highest BCUT2D eigenvalue weighted by Gasteiger charge is 2.33. The summed E-state index contributed by atoms with van der Waals surface area (Å²) >= 11 is 0. The molecule has 1 saturated heterocycles. The van der Waals surface area contributed by atoms with E-state index < -0.39 is 23.7 Å². The van der Waals surface area contributed by atoms with Gasteiger partial charge in [0.25, 0.3) is 5.91 Å². The van der Waals surface area contributed by atoms with E-state index in [9.17, 15) is 14.7 Å². The van der Waals surface area contributed by atoms with Crippen molar-refractivity contribution in [2.45, 2.75) is 45.3 Å². The van der Waals surface area contributed by atoms with Gasteiger partial charge in [-0.15, -0.1) is 0 Å². The molecule has 5 nitrogen and oxygen atoms in total. The van der Waals surface area contributed by atoms with Crippen molar-refractivity contribution in [3.8, 4) is 0 Å². The minimum absolute atomic E-state index is 0.324. The van der Waals surface area contributed by atoms with E-state index in [0.717, 1.165) is 4.90 Å². The number of nitrogens with zero attached hydrogens (tertiary/aromatic N) is 1. The number of imide groups is 1. The Hall–Kier alpha value is -1.10. The molecule has 1 heterocycles. The molecule has 1 N–H and O–H groups in total. The molecule has 0 aliphatic carbocycles. The fraction of sp³-hybridized carbons (Fsp3) is 0.800. The van der Waals surface area contributed by atoms with Crippen LogP contribution in [0.1, 0.15) is 33.6 Å². The summed E-state index contributed by atoms with van der Waals surface area (Å²) in [5.41, 5.74) is -0.625. The van der Waals surface area contributed by atoms with Gasteiger partial charge in [-0.05, 0) is 33.6 Å². The van der Waals surface area contributed by atoms with Gasteiger partial charge < -0.3 is 9.84 Å². The number of ether oxygens (including phenoxy) is 1. The van der Waals surface area contributed by atoms with Crippen molar-refractivity contribution in [1.82, 2.24) is 4.90 Å². The van der Waals surface area contributed by atoms with Gasteiger partial charge in [0.1, 0.15) is 11.7 Å². The molecule has 0 bridgehead atoms. The van der Waals surface area contributed by atoms with Crippen LogP contribution in [0.5, 0.6) is 0 Å². The number of aliphatic hydroxyl groups excluding tert-OH is 1. The molecule has 0 saturated carbocycles. The van der Waals surface area contributed by atoms with Crippen LogP contribution in [0.2, 0.25) is 0 Å². The molecule has 0 aromatic rings. The van der Waals surface area contributed by atoms with E-state index in [-0.39, 0.29) is 0 Å². The first-order chi connectivity index (χ1) is 6.81. The molecule has 5 heteroatoms. The lowest BCUT2D eigenvalue weighted by atomic mass is 10.1. The molecule has 0 aromatic carbocycles. The molecule has 0 spiro atoms. The number of carbonyl (C=O) groups excluding carboxylic acids is 2. The zero-order valence-corrected chi connectivity index (χ0v) is 9.32. The maximum Gasteiger partial charge on any atom is 0.417 e. The average Bonchev–Trinajstić information content (AvgIpc) is 2.06. The Balaban J connectivity index is 2.63. The summed E-state index contributed by atoms with van der Waals surface area (Å²) in [5.74, 6) is -0.560. The van der Waals surface area contributed by atoms with Crippen molar-refractivity contribution in [3.63, 3.8) is 0 Å².